The molecule has 1 atom stereocenters. The molecule has 0 unspecified atom stereocenters. The van der Waals surface area contributed by atoms with Gasteiger partial charge in [0.25, 0.3) is 0 Å². The lowest BCUT2D eigenvalue weighted by molar-refractivity contribution is -0.120. The van der Waals surface area contributed by atoms with Crippen molar-refractivity contribution in [2.45, 2.75) is 17.9 Å². The van der Waals surface area contributed by atoms with E-state index in [0.717, 1.165) is 30.5 Å². The predicted octanol–water partition coefficient (Wildman–Crippen LogP) is 5.15. The number of nitrogens with two attached hydrogens (primary N) is 1. The quantitative estimate of drug-likeness (QED) is 0.366. The van der Waals surface area contributed by atoms with E-state index < -0.39 is 23.3 Å². The van der Waals surface area contributed by atoms with Crippen LogP contribution in [-0.2, 0) is 4.79 Å². The lowest BCUT2D eigenvalue weighted by atomic mass is 9.96. The molecule has 3 N–H and O–H groups in total. The van der Waals surface area contributed by atoms with Gasteiger partial charge in [-0.05, 0) is 61.2 Å². The fourth-order valence-electron chi connectivity index (χ4n) is 3.59. The second kappa shape index (κ2) is 12.4. The summed E-state index contributed by atoms with van der Waals surface area (Å²) in [7, 11) is 1.29. The average molecular weight is 509 g/mol. The first-order chi connectivity index (χ1) is 16.8. The lowest BCUT2D eigenvalue weighted by Crippen LogP contribution is -2.41. The number of pyridine rings is 1. The van der Waals surface area contributed by atoms with Gasteiger partial charge in [0.1, 0.15) is 16.7 Å². The van der Waals surface area contributed by atoms with Crippen molar-refractivity contribution in [1.82, 2.24) is 4.98 Å². The Morgan fingerprint density at radius 1 is 1.14 bits per heavy atom. The van der Waals surface area contributed by atoms with Gasteiger partial charge in [-0.3, -0.25) is 9.93 Å². The van der Waals surface area contributed by atoms with Gasteiger partial charge >= 0.3 is 0 Å². The molecular weight excluding hydrogens is 484 g/mol. The first kappa shape index (κ1) is 26.3. The zero-order valence-corrected chi connectivity index (χ0v) is 19.6. The zero-order chi connectivity index (χ0) is 25.4. The second-order valence-electron chi connectivity index (χ2n) is 7.63. The number of amides is 1. The molecule has 1 aromatic heterocycles. The largest absolute Gasteiger partial charge is 0.494 e. The van der Waals surface area contributed by atoms with Crippen LogP contribution in [0.25, 0.3) is 0 Å². The van der Waals surface area contributed by atoms with Crippen LogP contribution in [0.3, 0.4) is 0 Å². The van der Waals surface area contributed by atoms with Crippen molar-refractivity contribution in [1.29, 1.82) is 0 Å². The van der Waals surface area contributed by atoms with Crippen molar-refractivity contribution in [3.05, 3.63) is 78.0 Å². The number of carbonyl (C=O) groups is 1. The molecule has 0 spiro atoms. The highest BCUT2D eigenvalue weighted by Crippen LogP contribution is 2.27. The third kappa shape index (κ3) is 7.09. The van der Waals surface area contributed by atoms with Crippen molar-refractivity contribution >= 4 is 29.2 Å². The first-order valence-corrected chi connectivity index (χ1v) is 11.5. The molecule has 1 fully saturated rings. The van der Waals surface area contributed by atoms with Crippen LogP contribution in [0, 0.1) is 29.2 Å². The summed E-state index contributed by atoms with van der Waals surface area (Å²) in [6, 6.07) is 10.7. The molecule has 0 radical (unpaired) electrons. The van der Waals surface area contributed by atoms with Gasteiger partial charge in [-0.15, -0.1) is 0 Å². The van der Waals surface area contributed by atoms with Gasteiger partial charge in [0, 0.05) is 31.0 Å². The maximum absolute atomic E-state index is 14.0. The maximum atomic E-state index is 14.0. The van der Waals surface area contributed by atoms with Crippen LogP contribution < -0.4 is 20.1 Å². The first-order valence-electron chi connectivity index (χ1n) is 10.6. The molecule has 4 rings (SSSR count). The zero-order valence-electron chi connectivity index (χ0n) is 18.8. The molecule has 35 heavy (non-hydrogen) atoms. The number of nitrogens with zero attached hydrogens (tertiary/aromatic N) is 2. The molecule has 1 aliphatic rings. The number of ether oxygens (including phenoxy) is 1. The van der Waals surface area contributed by atoms with E-state index in [0.29, 0.717) is 35.9 Å². The molecule has 1 saturated heterocycles. The van der Waals surface area contributed by atoms with E-state index in [9.17, 15) is 22.4 Å². The number of methoxy groups -OCH3 is 1. The molecule has 3 aromatic rings. The van der Waals surface area contributed by atoms with Gasteiger partial charge in [-0.2, -0.15) is 4.39 Å². The average Bonchev–Trinajstić information content (AvgIpc) is 2.86. The fraction of sp³-hybridized carbons (Fsp3) is 0.250. The highest BCUT2D eigenvalue weighted by molar-refractivity contribution is 7.97. The Kier molecular flexibility index (Phi) is 9.32. The molecule has 0 aliphatic carbocycles. The van der Waals surface area contributed by atoms with Crippen LogP contribution in [-0.4, -0.2) is 31.1 Å². The standard InChI is InChI=1S/C17H18F2N4OS.C7H6F2O/c18-12-3-4-15(14(19)8-12)23-7-1-2-11(10-23)17(24)22-13-5-6-21-16(9-13)25-20;1-10-6-4-2-3-5(8)7(6)9/h3-6,8-9,11H,1-2,7,10,20H2,(H,21,22,24);2-4H,1H3/t11-;/m0./s1. The normalized spacial score (nSPS) is 15.1. The fourth-order valence-corrected chi connectivity index (χ4v) is 3.90. The number of aromatic nitrogens is 1. The number of piperidine rings is 1. The minimum atomic E-state index is -0.940. The van der Waals surface area contributed by atoms with E-state index in [1.54, 1.807) is 23.2 Å². The van der Waals surface area contributed by atoms with Crippen molar-refractivity contribution in [2.75, 3.05) is 30.4 Å². The highest BCUT2D eigenvalue weighted by Gasteiger charge is 2.27. The molecule has 1 amide bonds. The van der Waals surface area contributed by atoms with Gasteiger partial charge in [0.05, 0.1) is 18.7 Å². The third-order valence-corrected chi connectivity index (χ3v) is 5.77. The Labute approximate surface area is 204 Å². The van der Waals surface area contributed by atoms with E-state index in [4.69, 9.17) is 5.14 Å². The Balaban J connectivity index is 0.000000287. The predicted molar refractivity (Wildman–Crippen MR) is 127 cm³/mol. The van der Waals surface area contributed by atoms with Gasteiger partial charge < -0.3 is 15.0 Å². The topological polar surface area (TPSA) is 80.5 Å². The summed E-state index contributed by atoms with van der Waals surface area (Å²) in [4.78, 5) is 18.4. The third-order valence-electron chi connectivity index (χ3n) is 5.30. The van der Waals surface area contributed by atoms with Crippen LogP contribution in [0.1, 0.15) is 12.8 Å². The minimum absolute atomic E-state index is 0.0694. The van der Waals surface area contributed by atoms with E-state index in [-0.39, 0.29) is 17.6 Å². The number of rotatable bonds is 5. The molecule has 1 aliphatic heterocycles. The molecule has 2 aromatic carbocycles. The Morgan fingerprint density at radius 3 is 2.63 bits per heavy atom. The number of halogens is 4. The maximum Gasteiger partial charge on any atom is 0.229 e. The summed E-state index contributed by atoms with van der Waals surface area (Å²) < 4.78 is 56.4. The number of benzene rings is 2. The van der Waals surface area contributed by atoms with Crippen molar-refractivity contribution < 1.29 is 27.1 Å². The molecule has 11 heteroatoms. The second-order valence-corrected chi connectivity index (χ2v) is 8.28. The number of hydrogen-bond acceptors (Lipinski definition) is 6. The molecular formula is C24H24F4N4O2S. The number of anilines is 2. The monoisotopic (exact) mass is 508 g/mol. The number of nitrogens with one attached hydrogen (secondary N) is 1. The Morgan fingerprint density at radius 2 is 1.94 bits per heavy atom. The van der Waals surface area contributed by atoms with Crippen LogP contribution >= 0.6 is 11.9 Å². The molecule has 6 nitrogen and oxygen atoms in total. The van der Waals surface area contributed by atoms with Crippen molar-refractivity contribution in [3.63, 3.8) is 0 Å². The lowest BCUT2D eigenvalue weighted by Gasteiger charge is -2.33. The summed E-state index contributed by atoms with van der Waals surface area (Å²) in [5.74, 6) is -3.53. The van der Waals surface area contributed by atoms with Gasteiger partial charge in [0.15, 0.2) is 11.6 Å². The van der Waals surface area contributed by atoms with Crippen molar-refractivity contribution in [3.8, 4) is 5.75 Å². The van der Waals surface area contributed by atoms with Gasteiger partial charge in [-0.1, -0.05) is 6.07 Å². The van der Waals surface area contributed by atoms with Gasteiger partial charge in [0.2, 0.25) is 11.7 Å². The molecule has 0 saturated carbocycles. The Hall–Kier alpha value is -3.31. The number of hydrogen-bond donors (Lipinski definition) is 2. The smallest absolute Gasteiger partial charge is 0.229 e. The van der Waals surface area contributed by atoms with E-state index in [1.807, 2.05) is 0 Å². The summed E-state index contributed by atoms with van der Waals surface area (Å²) in [5, 5.41) is 8.93. The van der Waals surface area contributed by atoms with E-state index in [2.05, 4.69) is 15.0 Å². The molecule has 0 bridgehead atoms. The van der Waals surface area contributed by atoms with Gasteiger partial charge in [-0.25, -0.2) is 18.2 Å². The molecule has 186 valence electrons. The number of carbonyl (C=O) groups excluding carboxylic acids is 1. The molecule has 2 heterocycles. The van der Waals surface area contributed by atoms with Crippen molar-refractivity contribution in [2.24, 2.45) is 11.1 Å². The summed E-state index contributed by atoms with van der Waals surface area (Å²) in [6.45, 7) is 1.02. The van der Waals surface area contributed by atoms with E-state index >= 15 is 0 Å². The van der Waals surface area contributed by atoms with E-state index in [1.165, 1.54) is 31.4 Å². The van der Waals surface area contributed by atoms with Crippen LogP contribution in [0.2, 0.25) is 0 Å². The van der Waals surface area contributed by atoms with Crippen LogP contribution in [0.4, 0.5) is 28.9 Å². The summed E-state index contributed by atoms with van der Waals surface area (Å²) >= 11 is 1.00. The highest BCUT2D eigenvalue weighted by atomic mass is 32.2. The van der Waals surface area contributed by atoms with Crippen LogP contribution in [0.5, 0.6) is 5.75 Å². The Bertz CT molecular complexity index is 1170. The van der Waals surface area contributed by atoms with Crippen LogP contribution in [0.15, 0.2) is 59.8 Å². The summed E-state index contributed by atoms with van der Waals surface area (Å²) in [6.07, 6.45) is 3.05. The summed E-state index contributed by atoms with van der Waals surface area (Å²) in [5.41, 5.74) is 0.947. The SMILES string of the molecule is COc1cccc(F)c1F.NSc1cc(NC(=O)[C@H]2CCCN(c3ccc(F)cc3F)C2)ccn1. The minimum Gasteiger partial charge on any atom is -0.494 e.